The molecule has 208 valence electrons. The van der Waals surface area contributed by atoms with E-state index in [0.717, 1.165) is 17.7 Å². The zero-order valence-electron chi connectivity index (χ0n) is 23.2. The summed E-state index contributed by atoms with van der Waals surface area (Å²) in [6.07, 6.45) is -5.53. The molecule has 0 fully saturated rings. The van der Waals surface area contributed by atoms with Crippen molar-refractivity contribution < 1.29 is 31.6 Å². The molecular weight excluding hydrogens is 526 g/mol. The lowest BCUT2D eigenvalue weighted by Gasteiger charge is -2.38. The maximum absolute atomic E-state index is 15.1. The highest BCUT2D eigenvalue weighted by atomic mass is 28.4. The minimum absolute atomic E-state index is 0.0481. The number of ketones is 2. The van der Waals surface area contributed by atoms with Crippen LogP contribution < -0.4 is 0 Å². The Labute approximate surface area is 227 Å². The molecule has 0 spiro atoms. The van der Waals surface area contributed by atoms with E-state index in [-0.39, 0.29) is 28.3 Å². The first-order valence-corrected chi connectivity index (χ1v) is 15.5. The number of halogens is 4. The fourth-order valence-corrected chi connectivity index (χ4v) is 5.22. The largest absolute Gasteiger partial charge is 0.416 e. The van der Waals surface area contributed by atoms with E-state index in [0.29, 0.717) is 11.1 Å². The molecule has 0 N–H and O–H groups in total. The monoisotopic (exact) mass is 559 g/mol. The average Bonchev–Trinajstić information content (AvgIpc) is 2.83. The minimum atomic E-state index is -4.55. The Hall–Kier alpha value is -3.17. The zero-order chi connectivity index (χ0) is 29.3. The molecule has 0 amide bonds. The Morgan fingerprint density at radius 1 is 1.00 bits per heavy atom. The molecule has 0 aliphatic heterocycles. The topological polar surface area (TPSA) is 56.3 Å². The van der Waals surface area contributed by atoms with Crippen LogP contribution in [0.25, 0.3) is 11.3 Å². The van der Waals surface area contributed by atoms with Crippen LogP contribution in [0.5, 0.6) is 0 Å². The van der Waals surface area contributed by atoms with E-state index in [1.54, 1.807) is 32.0 Å². The van der Waals surface area contributed by atoms with Crippen LogP contribution >= 0.6 is 0 Å². The average molecular weight is 560 g/mol. The van der Waals surface area contributed by atoms with Crippen LogP contribution in [0.2, 0.25) is 18.1 Å². The van der Waals surface area contributed by atoms with E-state index < -0.39 is 43.7 Å². The number of aromatic nitrogens is 1. The second kappa shape index (κ2) is 11.1. The molecule has 3 aromatic rings. The van der Waals surface area contributed by atoms with Crippen LogP contribution in [0.15, 0.2) is 54.6 Å². The third kappa shape index (κ3) is 7.08. The van der Waals surface area contributed by atoms with Gasteiger partial charge in [-0.05, 0) is 73.4 Å². The summed E-state index contributed by atoms with van der Waals surface area (Å²) in [4.78, 5) is 29.8. The molecule has 0 saturated heterocycles. The van der Waals surface area contributed by atoms with Crippen molar-refractivity contribution in [3.8, 4) is 11.3 Å². The maximum Gasteiger partial charge on any atom is 0.416 e. The van der Waals surface area contributed by atoms with Crippen LogP contribution in [0.3, 0.4) is 0 Å². The number of hydrogen-bond donors (Lipinski definition) is 0. The quantitative estimate of drug-likeness (QED) is 0.121. The molecule has 9 heteroatoms. The van der Waals surface area contributed by atoms with Gasteiger partial charge in [0.2, 0.25) is 5.95 Å². The third-order valence-electron chi connectivity index (χ3n) is 7.22. The van der Waals surface area contributed by atoms with Gasteiger partial charge < -0.3 is 4.43 Å². The molecule has 1 heterocycles. The first-order valence-electron chi connectivity index (χ1n) is 12.6. The summed E-state index contributed by atoms with van der Waals surface area (Å²) >= 11 is 0. The van der Waals surface area contributed by atoms with Crippen molar-refractivity contribution in [2.45, 2.75) is 71.5 Å². The van der Waals surface area contributed by atoms with Gasteiger partial charge >= 0.3 is 6.18 Å². The number of pyridine rings is 1. The lowest BCUT2D eigenvalue weighted by Crippen LogP contribution is -2.45. The fraction of sp³-hybridized carbons (Fsp3) is 0.367. The van der Waals surface area contributed by atoms with Gasteiger partial charge in [0.05, 0.1) is 16.8 Å². The first-order chi connectivity index (χ1) is 17.9. The van der Waals surface area contributed by atoms with Gasteiger partial charge in [0, 0.05) is 17.5 Å². The number of Topliss-reactive ketones (excluding diaryl/α,β-unsaturated/α-hetero) is 2. The molecule has 0 bridgehead atoms. The van der Waals surface area contributed by atoms with Gasteiger partial charge in [-0.15, -0.1) is 0 Å². The van der Waals surface area contributed by atoms with Crippen molar-refractivity contribution in [3.05, 3.63) is 88.4 Å². The molecule has 0 aliphatic carbocycles. The summed E-state index contributed by atoms with van der Waals surface area (Å²) in [6.45, 7) is 13.6. The van der Waals surface area contributed by atoms with Crippen molar-refractivity contribution in [2.75, 3.05) is 0 Å². The highest BCUT2D eigenvalue weighted by Gasteiger charge is 2.40. The van der Waals surface area contributed by atoms with E-state index in [2.05, 4.69) is 25.8 Å². The van der Waals surface area contributed by atoms with Crippen LogP contribution in [0.1, 0.15) is 65.1 Å². The number of carbonyl (C=O) groups is 2. The summed E-state index contributed by atoms with van der Waals surface area (Å²) < 4.78 is 60.3. The molecule has 1 atom stereocenters. The molecule has 2 aromatic carbocycles. The predicted octanol–water partition coefficient (Wildman–Crippen LogP) is 8.23. The molecule has 0 radical (unpaired) electrons. The van der Waals surface area contributed by atoms with Gasteiger partial charge in [0.15, 0.2) is 19.9 Å². The van der Waals surface area contributed by atoms with Crippen molar-refractivity contribution in [3.63, 3.8) is 0 Å². The van der Waals surface area contributed by atoms with E-state index in [9.17, 15) is 22.8 Å². The first kappa shape index (κ1) is 30.4. The van der Waals surface area contributed by atoms with Crippen molar-refractivity contribution in [1.29, 1.82) is 0 Å². The van der Waals surface area contributed by atoms with Gasteiger partial charge in [-0.1, -0.05) is 45.0 Å². The van der Waals surface area contributed by atoms with Crippen LogP contribution in [-0.4, -0.2) is 31.0 Å². The Morgan fingerprint density at radius 2 is 1.67 bits per heavy atom. The van der Waals surface area contributed by atoms with E-state index in [1.807, 2.05) is 13.1 Å². The third-order valence-corrected chi connectivity index (χ3v) is 11.8. The van der Waals surface area contributed by atoms with E-state index in [1.165, 1.54) is 24.3 Å². The second-order valence-electron chi connectivity index (χ2n) is 11.2. The van der Waals surface area contributed by atoms with Crippen LogP contribution in [0, 0.1) is 12.9 Å². The Bertz CT molecular complexity index is 1390. The van der Waals surface area contributed by atoms with Gasteiger partial charge in [-0.3, -0.25) is 9.59 Å². The Morgan fingerprint density at radius 3 is 2.26 bits per heavy atom. The minimum Gasteiger partial charge on any atom is -0.407 e. The predicted molar refractivity (Wildman–Crippen MR) is 146 cm³/mol. The summed E-state index contributed by atoms with van der Waals surface area (Å²) in [5, 5.41) is -0.118. The fourth-order valence-electron chi connectivity index (χ4n) is 3.87. The van der Waals surface area contributed by atoms with Crippen molar-refractivity contribution >= 4 is 19.9 Å². The van der Waals surface area contributed by atoms with Gasteiger partial charge in [-0.2, -0.15) is 17.6 Å². The molecule has 1 aromatic heterocycles. The zero-order valence-corrected chi connectivity index (χ0v) is 24.2. The van der Waals surface area contributed by atoms with Crippen LogP contribution in [0.4, 0.5) is 17.6 Å². The highest BCUT2D eigenvalue weighted by molar-refractivity contribution is 6.74. The van der Waals surface area contributed by atoms with Gasteiger partial charge in [-0.25, -0.2) is 4.98 Å². The summed E-state index contributed by atoms with van der Waals surface area (Å²) in [6, 6.07) is 12.3. The number of alkyl halides is 3. The number of carbonyl (C=O) groups excluding carboxylic acids is 2. The number of nitrogens with zero attached hydrogens (tertiary/aromatic N) is 1. The second-order valence-corrected chi connectivity index (χ2v) is 16.0. The molecule has 0 aliphatic rings. The number of benzene rings is 2. The van der Waals surface area contributed by atoms with Gasteiger partial charge in [0.1, 0.15) is 6.10 Å². The molecule has 3 rings (SSSR count). The number of rotatable bonds is 8. The molecule has 39 heavy (non-hydrogen) atoms. The lowest BCUT2D eigenvalue weighted by atomic mass is 9.96. The van der Waals surface area contributed by atoms with E-state index in [4.69, 9.17) is 4.43 Å². The molecule has 4 nitrogen and oxygen atoms in total. The lowest BCUT2D eigenvalue weighted by molar-refractivity contribution is -0.137. The van der Waals surface area contributed by atoms with E-state index >= 15 is 4.39 Å². The standard InChI is InChI=1S/C30H33F4NO3Si/c1-18-11-12-20(16-26(36)21-9-8-10-22(17-21)30(32,33)34)15-24(18)25-14-13-23(28(31)35-25)27(37)19(2)38-39(6,7)29(3,4)5/h8-15,17,19H,16H2,1-7H3/t19-/m0/s1. The summed E-state index contributed by atoms with van der Waals surface area (Å²) in [5.74, 6) is -1.90. The molecule has 0 unspecified atom stereocenters. The summed E-state index contributed by atoms with van der Waals surface area (Å²) in [7, 11) is -2.26. The molecular formula is C30H33F4NO3Si. The van der Waals surface area contributed by atoms with Gasteiger partial charge in [0.25, 0.3) is 0 Å². The molecule has 0 saturated carbocycles. The highest BCUT2D eigenvalue weighted by Crippen LogP contribution is 2.37. The van der Waals surface area contributed by atoms with Crippen LogP contribution in [-0.2, 0) is 17.0 Å². The maximum atomic E-state index is 15.1. The summed E-state index contributed by atoms with van der Waals surface area (Å²) in [5.41, 5.74) is 1.01. The van der Waals surface area contributed by atoms with Crippen molar-refractivity contribution in [1.82, 2.24) is 4.98 Å². The Kier molecular flexibility index (Phi) is 8.67. The SMILES string of the molecule is Cc1ccc(CC(=O)c2cccc(C(F)(F)F)c2)cc1-c1ccc(C(=O)[C@H](C)O[Si](C)(C)C(C)(C)C)c(F)n1. The normalized spacial score (nSPS) is 13.3. The number of hydrogen-bond acceptors (Lipinski definition) is 4. The number of aryl methyl sites for hydroxylation is 1. The smallest absolute Gasteiger partial charge is 0.407 e. The Balaban J connectivity index is 1.84. The van der Waals surface area contributed by atoms with Crippen molar-refractivity contribution in [2.24, 2.45) is 0 Å².